The maximum absolute atomic E-state index is 12.0. The fourth-order valence-corrected chi connectivity index (χ4v) is 3.11. The molecule has 5 nitrogen and oxygen atoms in total. The van der Waals surface area contributed by atoms with Crippen molar-refractivity contribution in [2.45, 2.75) is 39.7 Å². The fraction of sp³-hybridized carbons (Fsp3) is 0.364. The van der Waals surface area contributed by atoms with Crippen molar-refractivity contribution in [2.75, 3.05) is 13.2 Å². The van der Waals surface area contributed by atoms with Crippen molar-refractivity contribution in [3.63, 3.8) is 0 Å². The monoisotopic (exact) mass is 365 g/mol. The number of fused-ring (bicyclic) bond motifs is 1. The Kier molecular flexibility index (Phi) is 6.12. The summed E-state index contributed by atoms with van der Waals surface area (Å²) in [5.41, 5.74) is 3.35. The first-order valence-corrected chi connectivity index (χ1v) is 9.46. The molecule has 142 valence electrons. The number of rotatable bonds is 8. The van der Waals surface area contributed by atoms with Crippen molar-refractivity contribution in [3.8, 4) is 5.75 Å². The number of nitrogens with zero attached hydrogens (tertiary/aromatic N) is 2. The van der Waals surface area contributed by atoms with Crippen LogP contribution in [0.25, 0.3) is 11.0 Å². The van der Waals surface area contributed by atoms with Gasteiger partial charge in [-0.3, -0.25) is 4.79 Å². The molecule has 0 aliphatic carbocycles. The van der Waals surface area contributed by atoms with Gasteiger partial charge in [-0.15, -0.1) is 0 Å². The molecule has 3 rings (SSSR count). The van der Waals surface area contributed by atoms with Gasteiger partial charge in [0.1, 0.15) is 11.6 Å². The van der Waals surface area contributed by atoms with E-state index in [1.807, 2.05) is 43.3 Å². The van der Waals surface area contributed by atoms with Crippen LogP contribution in [0.2, 0.25) is 0 Å². The summed E-state index contributed by atoms with van der Waals surface area (Å²) in [5, 5.41) is 2.92. The molecule has 1 aromatic heterocycles. The van der Waals surface area contributed by atoms with Gasteiger partial charge in [0.25, 0.3) is 5.91 Å². The molecule has 0 saturated heterocycles. The highest BCUT2D eigenvalue weighted by Gasteiger charge is 2.07. The number of imidazole rings is 1. The van der Waals surface area contributed by atoms with E-state index in [0.717, 1.165) is 35.6 Å². The molecule has 0 unspecified atom stereocenters. The third kappa shape index (κ3) is 4.88. The fourth-order valence-electron chi connectivity index (χ4n) is 3.11. The number of hydrogen-bond acceptors (Lipinski definition) is 3. The standard InChI is InChI=1S/C22H27N3O2/c1-16(2)18-8-6-9-19(14-18)27-15-22(26)23-12-7-13-25-17(3)24-20-10-4-5-11-21(20)25/h4-6,8-11,14,16H,7,12-13,15H2,1-3H3,(H,23,26). The van der Waals surface area contributed by atoms with E-state index in [2.05, 4.69) is 40.8 Å². The number of hydrogen-bond donors (Lipinski definition) is 1. The predicted octanol–water partition coefficient (Wildman–Crippen LogP) is 4.05. The van der Waals surface area contributed by atoms with Crippen LogP contribution in [0.3, 0.4) is 0 Å². The number of aryl methyl sites for hydroxylation is 2. The Morgan fingerprint density at radius 2 is 2.00 bits per heavy atom. The molecule has 0 fully saturated rings. The maximum Gasteiger partial charge on any atom is 0.257 e. The van der Waals surface area contributed by atoms with Gasteiger partial charge in [0.15, 0.2) is 6.61 Å². The first-order chi connectivity index (χ1) is 13.0. The van der Waals surface area contributed by atoms with Crippen molar-refractivity contribution < 1.29 is 9.53 Å². The van der Waals surface area contributed by atoms with Crippen molar-refractivity contribution in [2.24, 2.45) is 0 Å². The molecule has 27 heavy (non-hydrogen) atoms. The minimum absolute atomic E-state index is 0.0363. The Labute approximate surface area is 160 Å². The van der Waals surface area contributed by atoms with Gasteiger partial charge in [-0.2, -0.15) is 0 Å². The summed E-state index contributed by atoms with van der Waals surface area (Å²) in [7, 11) is 0. The van der Waals surface area contributed by atoms with E-state index in [9.17, 15) is 4.79 Å². The predicted molar refractivity (Wildman–Crippen MR) is 108 cm³/mol. The maximum atomic E-state index is 12.0. The van der Waals surface area contributed by atoms with Crippen LogP contribution in [-0.2, 0) is 11.3 Å². The van der Waals surface area contributed by atoms with E-state index in [1.54, 1.807) is 0 Å². The smallest absolute Gasteiger partial charge is 0.257 e. The zero-order valence-electron chi connectivity index (χ0n) is 16.2. The van der Waals surface area contributed by atoms with Crippen LogP contribution >= 0.6 is 0 Å². The molecule has 0 bridgehead atoms. The van der Waals surface area contributed by atoms with Crippen molar-refractivity contribution in [1.82, 2.24) is 14.9 Å². The van der Waals surface area contributed by atoms with Gasteiger partial charge >= 0.3 is 0 Å². The molecule has 0 radical (unpaired) electrons. The summed E-state index contributed by atoms with van der Waals surface area (Å²) < 4.78 is 7.80. The summed E-state index contributed by atoms with van der Waals surface area (Å²) in [6.07, 6.45) is 0.843. The minimum Gasteiger partial charge on any atom is -0.484 e. The van der Waals surface area contributed by atoms with Gasteiger partial charge in [-0.25, -0.2) is 4.98 Å². The molecule has 1 amide bonds. The number of ether oxygens (including phenoxy) is 1. The number of nitrogens with one attached hydrogen (secondary N) is 1. The number of carbonyl (C=O) groups is 1. The number of para-hydroxylation sites is 2. The van der Waals surface area contributed by atoms with Gasteiger partial charge < -0.3 is 14.6 Å². The van der Waals surface area contributed by atoms with E-state index in [-0.39, 0.29) is 12.5 Å². The number of benzene rings is 2. The quantitative estimate of drug-likeness (QED) is 0.613. The Morgan fingerprint density at radius 1 is 1.19 bits per heavy atom. The minimum atomic E-state index is -0.0999. The molecule has 0 aliphatic heterocycles. The highest BCUT2D eigenvalue weighted by atomic mass is 16.5. The summed E-state index contributed by atoms with van der Waals surface area (Å²) in [5.74, 6) is 2.06. The van der Waals surface area contributed by atoms with E-state index < -0.39 is 0 Å². The molecular weight excluding hydrogens is 338 g/mol. The molecule has 0 aliphatic rings. The second kappa shape index (κ2) is 8.71. The Hall–Kier alpha value is -2.82. The van der Waals surface area contributed by atoms with Crippen molar-refractivity contribution >= 4 is 16.9 Å². The van der Waals surface area contributed by atoms with Crippen LogP contribution < -0.4 is 10.1 Å². The molecule has 1 heterocycles. The largest absolute Gasteiger partial charge is 0.484 e. The average molecular weight is 365 g/mol. The molecule has 2 aromatic carbocycles. The lowest BCUT2D eigenvalue weighted by Crippen LogP contribution is -2.30. The van der Waals surface area contributed by atoms with Gasteiger partial charge in [-0.1, -0.05) is 38.1 Å². The molecule has 1 N–H and O–H groups in total. The molecule has 3 aromatic rings. The molecule has 5 heteroatoms. The van der Waals surface area contributed by atoms with Crippen LogP contribution in [0.15, 0.2) is 48.5 Å². The van der Waals surface area contributed by atoms with Crippen LogP contribution in [0.4, 0.5) is 0 Å². The molecule has 0 saturated carbocycles. The van der Waals surface area contributed by atoms with Crippen molar-refractivity contribution in [1.29, 1.82) is 0 Å². The second-order valence-electron chi connectivity index (χ2n) is 7.02. The van der Waals surface area contributed by atoms with Crippen LogP contribution in [-0.4, -0.2) is 28.6 Å². The van der Waals surface area contributed by atoms with Gasteiger partial charge in [0, 0.05) is 13.1 Å². The third-order valence-electron chi connectivity index (χ3n) is 4.62. The third-order valence-corrected chi connectivity index (χ3v) is 4.62. The van der Waals surface area contributed by atoms with E-state index in [4.69, 9.17) is 4.74 Å². The highest BCUT2D eigenvalue weighted by Crippen LogP contribution is 2.20. The normalized spacial score (nSPS) is 11.1. The van der Waals surface area contributed by atoms with Crippen LogP contribution in [0.1, 0.15) is 37.6 Å². The Balaban J connectivity index is 1.43. The van der Waals surface area contributed by atoms with E-state index in [0.29, 0.717) is 12.5 Å². The summed E-state index contributed by atoms with van der Waals surface area (Å²) in [4.78, 5) is 16.6. The summed E-state index contributed by atoms with van der Waals surface area (Å²) >= 11 is 0. The zero-order chi connectivity index (χ0) is 19.2. The number of carbonyl (C=O) groups excluding carboxylic acids is 1. The lowest BCUT2D eigenvalue weighted by atomic mass is 10.0. The highest BCUT2D eigenvalue weighted by molar-refractivity contribution is 5.77. The zero-order valence-corrected chi connectivity index (χ0v) is 16.2. The molecular formula is C22H27N3O2. The first kappa shape index (κ1) is 19.0. The SMILES string of the molecule is Cc1nc2ccccc2n1CCCNC(=O)COc1cccc(C(C)C)c1. The Morgan fingerprint density at radius 3 is 2.81 bits per heavy atom. The average Bonchev–Trinajstić information content (AvgIpc) is 2.99. The lowest BCUT2D eigenvalue weighted by Gasteiger charge is -2.11. The van der Waals surface area contributed by atoms with E-state index in [1.165, 1.54) is 5.56 Å². The topological polar surface area (TPSA) is 56.2 Å². The Bertz CT molecular complexity index is 915. The van der Waals surface area contributed by atoms with Gasteiger partial charge in [0.05, 0.1) is 11.0 Å². The number of aromatic nitrogens is 2. The molecule has 0 spiro atoms. The number of amides is 1. The summed E-state index contributed by atoms with van der Waals surface area (Å²) in [6.45, 7) is 7.75. The van der Waals surface area contributed by atoms with Gasteiger partial charge in [0.2, 0.25) is 0 Å². The summed E-state index contributed by atoms with van der Waals surface area (Å²) in [6, 6.07) is 16.0. The second-order valence-corrected chi connectivity index (χ2v) is 7.02. The molecule has 0 atom stereocenters. The lowest BCUT2D eigenvalue weighted by molar-refractivity contribution is -0.123. The van der Waals surface area contributed by atoms with Gasteiger partial charge in [-0.05, 0) is 49.1 Å². The van der Waals surface area contributed by atoms with E-state index >= 15 is 0 Å². The van der Waals surface area contributed by atoms with Crippen LogP contribution in [0, 0.1) is 6.92 Å². The van der Waals surface area contributed by atoms with Crippen LogP contribution in [0.5, 0.6) is 5.75 Å². The van der Waals surface area contributed by atoms with Crippen molar-refractivity contribution in [3.05, 3.63) is 59.9 Å². The first-order valence-electron chi connectivity index (χ1n) is 9.46.